The van der Waals surface area contributed by atoms with Crippen LogP contribution in [-0.2, 0) is 10.9 Å². The highest BCUT2D eigenvalue weighted by molar-refractivity contribution is 5.92. The minimum Gasteiger partial charge on any atom is -0.381 e. The molecule has 2 saturated heterocycles. The summed E-state index contributed by atoms with van der Waals surface area (Å²) in [6.07, 6.45) is -1.05. The quantitative estimate of drug-likeness (QED) is 0.822. The molecule has 0 radical (unpaired) electrons. The molecule has 0 N–H and O–H groups in total. The Bertz CT molecular complexity index is 825. The van der Waals surface area contributed by atoms with Crippen molar-refractivity contribution in [1.82, 2.24) is 14.7 Å². The van der Waals surface area contributed by atoms with Crippen LogP contribution in [0.15, 0.2) is 36.5 Å². The largest absolute Gasteiger partial charge is 0.416 e. The predicted octanol–water partition coefficient (Wildman–Crippen LogP) is 3.14. The number of carbonyl (C=O) groups excluding carboxylic acids is 1. The van der Waals surface area contributed by atoms with Gasteiger partial charge in [0.25, 0.3) is 5.91 Å². The Morgan fingerprint density at radius 3 is 2.81 bits per heavy atom. The number of likely N-dealkylation sites (tertiary alicyclic amines) is 1. The van der Waals surface area contributed by atoms with Crippen LogP contribution in [0.2, 0.25) is 0 Å². The lowest BCUT2D eigenvalue weighted by Crippen LogP contribution is -2.32. The van der Waals surface area contributed by atoms with Crippen molar-refractivity contribution in [3.8, 4) is 5.69 Å². The predicted molar refractivity (Wildman–Crippen MR) is 87.0 cm³/mol. The van der Waals surface area contributed by atoms with Gasteiger partial charge in [-0.2, -0.15) is 18.3 Å². The highest BCUT2D eigenvalue weighted by Crippen LogP contribution is 2.38. The monoisotopic (exact) mass is 365 g/mol. The molecule has 1 aromatic heterocycles. The maximum atomic E-state index is 12.9. The van der Waals surface area contributed by atoms with Crippen LogP contribution in [0.4, 0.5) is 13.2 Å². The lowest BCUT2D eigenvalue weighted by atomic mass is 9.87. The van der Waals surface area contributed by atoms with E-state index in [-0.39, 0.29) is 22.7 Å². The molecule has 1 atom stereocenters. The molecule has 8 heteroatoms. The van der Waals surface area contributed by atoms with Crippen molar-refractivity contribution in [2.24, 2.45) is 5.41 Å². The van der Waals surface area contributed by atoms with E-state index in [1.54, 1.807) is 11.0 Å². The molecule has 2 aliphatic heterocycles. The number of aromatic nitrogens is 2. The zero-order chi connectivity index (χ0) is 18.4. The summed E-state index contributed by atoms with van der Waals surface area (Å²) in [7, 11) is 0. The molecule has 0 aliphatic carbocycles. The molecular formula is C18H18F3N3O2. The Morgan fingerprint density at radius 1 is 1.23 bits per heavy atom. The van der Waals surface area contributed by atoms with Crippen molar-refractivity contribution < 1.29 is 22.7 Å². The molecule has 3 heterocycles. The molecule has 0 saturated carbocycles. The van der Waals surface area contributed by atoms with Gasteiger partial charge >= 0.3 is 6.18 Å². The first-order valence-corrected chi connectivity index (χ1v) is 8.47. The van der Waals surface area contributed by atoms with E-state index in [9.17, 15) is 18.0 Å². The van der Waals surface area contributed by atoms with Crippen LogP contribution in [0.25, 0.3) is 5.69 Å². The molecule has 26 heavy (non-hydrogen) atoms. The Morgan fingerprint density at radius 2 is 2.08 bits per heavy atom. The van der Waals surface area contributed by atoms with Gasteiger partial charge in [-0.15, -0.1) is 0 Å². The van der Waals surface area contributed by atoms with E-state index in [1.165, 1.54) is 23.0 Å². The average molecular weight is 365 g/mol. The molecular weight excluding hydrogens is 347 g/mol. The van der Waals surface area contributed by atoms with Gasteiger partial charge in [0.2, 0.25) is 0 Å². The van der Waals surface area contributed by atoms with Crippen molar-refractivity contribution in [1.29, 1.82) is 0 Å². The lowest BCUT2D eigenvalue weighted by molar-refractivity contribution is -0.137. The summed E-state index contributed by atoms with van der Waals surface area (Å²) in [5, 5.41) is 4.19. The summed E-state index contributed by atoms with van der Waals surface area (Å²) in [6, 6.07) is 6.41. The van der Waals surface area contributed by atoms with E-state index >= 15 is 0 Å². The van der Waals surface area contributed by atoms with Crippen molar-refractivity contribution >= 4 is 5.91 Å². The van der Waals surface area contributed by atoms with Crippen molar-refractivity contribution in [3.05, 3.63) is 47.8 Å². The topological polar surface area (TPSA) is 47.4 Å². The van der Waals surface area contributed by atoms with Gasteiger partial charge in [-0.1, -0.05) is 6.07 Å². The van der Waals surface area contributed by atoms with Gasteiger partial charge in [0.1, 0.15) is 0 Å². The second-order valence-corrected chi connectivity index (χ2v) is 6.97. The van der Waals surface area contributed by atoms with Gasteiger partial charge in [-0.25, -0.2) is 4.68 Å². The third kappa shape index (κ3) is 3.09. The number of alkyl halides is 3. The molecule has 1 aromatic carbocycles. The van der Waals surface area contributed by atoms with Crippen LogP contribution in [0.1, 0.15) is 28.9 Å². The highest BCUT2D eigenvalue weighted by Gasteiger charge is 2.43. The number of nitrogens with zero attached hydrogens (tertiary/aromatic N) is 3. The molecule has 4 rings (SSSR count). The van der Waals surface area contributed by atoms with E-state index in [1.807, 2.05) is 0 Å². The van der Waals surface area contributed by atoms with Crippen LogP contribution >= 0.6 is 0 Å². The number of hydrogen-bond donors (Lipinski definition) is 0. The second-order valence-electron chi connectivity index (χ2n) is 6.97. The number of hydrogen-bond acceptors (Lipinski definition) is 3. The van der Waals surface area contributed by atoms with Crippen molar-refractivity contribution in [2.75, 3.05) is 26.3 Å². The molecule has 1 unspecified atom stereocenters. The summed E-state index contributed by atoms with van der Waals surface area (Å²) >= 11 is 0. The molecule has 1 spiro atoms. The maximum Gasteiger partial charge on any atom is 0.416 e. The molecule has 1 amide bonds. The summed E-state index contributed by atoms with van der Waals surface area (Å²) < 4.78 is 45.4. The Labute approximate surface area is 148 Å². The van der Waals surface area contributed by atoms with Crippen molar-refractivity contribution in [3.63, 3.8) is 0 Å². The standard InChI is InChI=1S/C18H18F3N3O2/c19-18(20,21)13-2-1-3-14(10-13)24-7-4-15(22-24)16(25)23-8-5-17(11-23)6-9-26-12-17/h1-4,7,10H,5-6,8-9,11-12H2. The SMILES string of the molecule is O=C(c1ccn(-c2cccc(C(F)(F)F)c2)n1)N1CCC2(CCOC2)C1. The lowest BCUT2D eigenvalue weighted by Gasteiger charge is -2.21. The zero-order valence-electron chi connectivity index (χ0n) is 14.0. The second kappa shape index (κ2) is 6.12. The first kappa shape index (κ1) is 17.1. The number of carbonyl (C=O) groups is 1. The Balaban J connectivity index is 1.52. The van der Waals surface area contributed by atoms with E-state index < -0.39 is 11.7 Å². The third-order valence-electron chi connectivity index (χ3n) is 5.16. The summed E-state index contributed by atoms with van der Waals surface area (Å²) in [5.74, 6) is -0.195. The fourth-order valence-corrected chi connectivity index (χ4v) is 3.65. The van der Waals surface area contributed by atoms with Gasteiger partial charge in [0.15, 0.2) is 5.69 Å². The molecule has 5 nitrogen and oxygen atoms in total. The summed E-state index contributed by atoms with van der Waals surface area (Å²) in [5.41, 5.74) is -0.195. The Hall–Kier alpha value is -2.35. The number of halogens is 3. The number of rotatable bonds is 2. The van der Waals surface area contributed by atoms with Gasteiger partial charge in [0.05, 0.1) is 17.9 Å². The minimum atomic E-state index is -4.42. The molecule has 2 aromatic rings. The van der Waals surface area contributed by atoms with Crippen LogP contribution in [0.3, 0.4) is 0 Å². The van der Waals surface area contributed by atoms with E-state index in [2.05, 4.69) is 5.10 Å². The van der Waals surface area contributed by atoms with Gasteiger partial charge < -0.3 is 9.64 Å². The first-order valence-electron chi connectivity index (χ1n) is 8.47. The van der Waals surface area contributed by atoms with Crippen LogP contribution < -0.4 is 0 Å². The van der Waals surface area contributed by atoms with Gasteiger partial charge in [-0.05, 0) is 37.1 Å². The average Bonchev–Trinajstić information content (AvgIpc) is 3.36. The highest BCUT2D eigenvalue weighted by atomic mass is 19.4. The first-order chi connectivity index (χ1) is 12.4. The number of benzene rings is 1. The molecule has 2 aliphatic rings. The van der Waals surface area contributed by atoms with Crippen molar-refractivity contribution in [2.45, 2.75) is 19.0 Å². The van der Waals surface area contributed by atoms with Gasteiger partial charge in [-0.3, -0.25) is 4.79 Å². The summed E-state index contributed by atoms with van der Waals surface area (Å²) in [6.45, 7) is 2.70. The van der Waals surface area contributed by atoms with E-state index in [4.69, 9.17) is 4.74 Å². The fraction of sp³-hybridized carbons (Fsp3) is 0.444. The summed E-state index contributed by atoms with van der Waals surface area (Å²) in [4.78, 5) is 14.4. The van der Waals surface area contributed by atoms with Crippen LogP contribution in [0.5, 0.6) is 0 Å². The van der Waals surface area contributed by atoms with E-state index in [0.717, 1.165) is 31.6 Å². The number of amides is 1. The molecule has 2 fully saturated rings. The van der Waals surface area contributed by atoms with E-state index in [0.29, 0.717) is 19.7 Å². The smallest absolute Gasteiger partial charge is 0.381 e. The molecule has 0 bridgehead atoms. The molecule has 138 valence electrons. The zero-order valence-corrected chi connectivity index (χ0v) is 14.0. The minimum absolute atomic E-state index is 0.0548. The van der Waals surface area contributed by atoms with Gasteiger partial charge in [0, 0.05) is 31.3 Å². The third-order valence-corrected chi connectivity index (χ3v) is 5.16. The number of ether oxygens (including phenoxy) is 1. The maximum absolute atomic E-state index is 12.9. The Kier molecular flexibility index (Phi) is 4.02. The fourth-order valence-electron chi connectivity index (χ4n) is 3.65. The van der Waals surface area contributed by atoms with Crippen LogP contribution in [-0.4, -0.2) is 46.9 Å². The normalized spacial score (nSPS) is 23.1. The van der Waals surface area contributed by atoms with Crippen LogP contribution in [0, 0.1) is 5.41 Å².